The van der Waals surface area contributed by atoms with Crippen molar-refractivity contribution in [2.45, 2.75) is 13.0 Å². The van der Waals surface area contributed by atoms with Gasteiger partial charge >= 0.3 is 5.69 Å². The highest BCUT2D eigenvalue weighted by Gasteiger charge is 2.26. The predicted octanol–water partition coefficient (Wildman–Crippen LogP) is 1.56. The molecule has 1 aromatic rings. The number of rotatable bonds is 4. The molecule has 1 N–H and O–H groups in total. The normalized spacial score (nSPS) is 16.4. The lowest BCUT2D eigenvalue weighted by Crippen LogP contribution is -2.50. The minimum atomic E-state index is -0.761. The fraction of sp³-hybridized carbons (Fsp3) is 0.462. The lowest BCUT2D eigenvalue weighted by molar-refractivity contribution is -0.386. The Morgan fingerprint density at radius 3 is 2.76 bits per heavy atom. The highest BCUT2D eigenvalue weighted by atomic mass is 79.9. The smallest absolute Gasteiger partial charge is 0.312 e. The highest BCUT2D eigenvalue weighted by Crippen LogP contribution is 2.31. The van der Waals surface area contributed by atoms with Gasteiger partial charge in [-0.05, 0) is 19.1 Å². The molecule has 0 aliphatic carbocycles. The van der Waals surface area contributed by atoms with Gasteiger partial charge in [-0.2, -0.15) is 0 Å². The first-order valence-corrected chi connectivity index (χ1v) is 7.38. The summed E-state index contributed by atoms with van der Waals surface area (Å²) in [5, 5.41) is 14.2. The van der Waals surface area contributed by atoms with Gasteiger partial charge in [0.1, 0.15) is 0 Å². The zero-order chi connectivity index (χ0) is 15.4. The molecular formula is C13H16BrN3O4. The number of nitrogens with zero attached hydrogens (tertiary/aromatic N) is 2. The summed E-state index contributed by atoms with van der Waals surface area (Å²) < 4.78 is 6.09. The molecular weight excluding hydrogens is 342 g/mol. The molecule has 1 aliphatic heterocycles. The molecule has 2 rings (SSSR count). The molecule has 1 aliphatic rings. The van der Waals surface area contributed by atoms with Crippen LogP contribution >= 0.6 is 15.9 Å². The molecule has 7 nitrogen and oxygen atoms in total. The Morgan fingerprint density at radius 2 is 2.14 bits per heavy atom. The van der Waals surface area contributed by atoms with E-state index in [2.05, 4.69) is 21.2 Å². The zero-order valence-electron chi connectivity index (χ0n) is 11.5. The van der Waals surface area contributed by atoms with Crippen LogP contribution in [-0.4, -0.2) is 48.0 Å². The molecule has 0 radical (unpaired) electrons. The minimum absolute atomic E-state index is 0.0965. The SMILES string of the molecule is CC(Oc1ccc(Br)cc1[N+](=O)[O-])C(=O)N1CCNCC1. The molecule has 0 spiro atoms. The summed E-state index contributed by atoms with van der Waals surface area (Å²) in [6, 6.07) is 4.49. The van der Waals surface area contributed by atoms with Crippen LogP contribution in [0.3, 0.4) is 0 Å². The topological polar surface area (TPSA) is 84.7 Å². The maximum atomic E-state index is 12.2. The van der Waals surface area contributed by atoms with Crippen LogP contribution in [-0.2, 0) is 4.79 Å². The third kappa shape index (κ3) is 3.92. The molecule has 21 heavy (non-hydrogen) atoms. The summed E-state index contributed by atoms with van der Waals surface area (Å²) in [6.07, 6.45) is -0.761. The number of ether oxygens (including phenoxy) is 1. The predicted molar refractivity (Wildman–Crippen MR) is 80.3 cm³/mol. The molecule has 1 heterocycles. The summed E-state index contributed by atoms with van der Waals surface area (Å²) in [6.45, 7) is 4.34. The van der Waals surface area contributed by atoms with Gasteiger partial charge in [0.25, 0.3) is 5.91 Å². The molecule has 1 fully saturated rings. The summed E-state index contributed by atoms with van der Waals surface area (Å²) in [5.41, 5.74) is -0.163. The monoisotopic (exact) mass is 357 g/mol. The van der Waals surface area contributed by atoms with Crippen LogP contribution < -0.4 is 10.1 Å². The van der Waals surface area contributed by atoms with E-state index in [9.17, 15) is 14.9 Å². The summed E-state index contributed by atoms with van der Waals surface area (Å²) in [4.78, 5) is 24.4. The van der Waals surface area contributed by atoms with E-state index in [1.165, 1.54) is 12.1 Å². The van der Waals surface area contributed by atoms with E-state index in [-0.39, 0.29) is 17.3 Å². The van der Waals surface area contributed by atoms with E-state index >= 15 is 0 Å². The van der Waals surface area contributed by atoms with Gasteiger partial charge in [-0.25, -0.2) is 0 Å². The average molecular weight is 358 g/mol. The largest absolute Gasteiger partial charge is 0.474 e. The Kier molecular flexibility index (Phi) is 5.13. The minimum Gasteiger partial charge on any atom is -0.474 e. The number of nitro groups is 1. The van der Waals surface area contributed by atoms with Gasteiger partial charge in [-0.15, -0.1) is 0 Å². The fourth-order valence-electron chi connectivity index (χ4n) is 2.12. The number of halogens is 1. The lowest BCUT2D eigenvalue weighted by atomic mass is 10.2. The van der Waals surface area contributed by atoms with Crippen molar-refractivity contribution in [3.63, 3.8) is 0 Å². The van der Waals surface area contributed by atoms with E-state index in [0.29, 0.717) is 17.6 Å². The fourth-order valence-corrected chi connectivity index (χ4v) is 2.47. The zero-order valence-corrected chi connectivity index (χ0v) is 13.1. The Labute approximate surface area is 130 Å². The lowest BCUT2D eigenvalue weighted by Gasteiger charge is -2.29. The van der Waals surface area contributed by atoms with Crippen LogP contribution in [0, 0.1) is 10.1 Å². The van der Waals surface area contributed by atoms with Crippen LogP contribution in [0.15, 0.2) is 22.7 Å². The Balaban J connectivity index is 2.10. The summed E-state index contributed by atoms with van der Waals surface area (Å²) in [5.74, 6) is -0.0621. The number of hydrogen-bond acceptors (Lipinski definition) is 5. The molecule has 0 bridgehead atoms. The molecule has 1 amide bonds. The van der Waals surface area contributed by atoms with Crippen molar-refractivity contribution in [1.29, 1.82) is 0 Å². The van der Waals surface area contributed by atoms with Crippen LogP contribution in [0.1, 0.15) is 6.92 Å². The molecule has 1 aromatic carbocycles. The van der Waals surface area contributed by atoms with Crippen molar-refractivity contribution in [3.05, 3.63) is 32.8 Å². The van der Waals surface area contributed by atoms with Crippen molar-refractivity contribution in [1.82, 2.24) is 10.2 Å². The molecule has 1 saturated heterocycles. The van der Waals surface area contributed by atoms with E-state index < -0.39 is 11.0 Å². The van der Waals surface area contributed by atoms with Crippen LogP contribution in [0.2, 0.25) is 0 Å². The third-order valence-corrected chi connectivity index (χ3v) is 3.69. The number of nitrogens with one attached hydrogen (secondary N) is 1. The molecule has 0 saturated carbocycles. The van der Waals surface area contributed by atoms with Crippen molar-refractivity contribution in [3.8, 4) is 5.75 Å². The highest BCUT2D eigenvalue weighted by molar-refractivity contribution is 9.10. The maximum Gasteiger partial charge on any atom is 0.312 e. The second-order valence-electron chi connectivity index (χ2n) is 4.70. The van der Waals surface area contributed by atoms with Crippen LogP contribution in [0.5, 0.6) is 5.75 Å². The van der Waals surface area contributed by atoms with Gasteiger partial charge in [-0.3, -0.25) is 14.9 Å². The second kappa shape index (κ2) is 6.86. The standard InChI is InChI=1S/C13H16BrN3O4/c1-9(13(18)16-6-4-15-5-7-16)21-12-3-2-10(14)8-11(12)17(19)20/h2-3,8-9,15H,4-7H2,1H3. The molecule has 0 aromatic heterocycles. The van der Waals surface area contributed by atoms with Gasteiger partial charge in [-0.1, -0.05) is 15.9 Å². The number of nitro benzene ring substituents is 1. The van der Waals surface area contributed by atoms with E-state index in [1.54, 1.807) is 17.9 Å². The number of amides is 1. The van der Waals surface area contributed by atoms with E-state index in [4.69, 9.17) is 4.74 Å². The number of carbonyl (C=O) groups is 1. The van der Waals surface area contributed by atoms with Gasteiger partial charge in [0, 0.05) is 36.7 Å². The quantitative estimate of drug-likeness (QED) is 0.652. The second-order valence-corrected chi connectivity index (χ2v) is 5.62. The molecule has 8 heteroatoms. The summed E-state index contributed by atoms with van der Waals surface area (Å²) in [7, 11) is 0. The van der Waals surface area contributed by atoms with Gasteiger partial charge in [0.05, 0.1) is 4.92 Å². The van der Waals surface area contributed by atoms with E-state index in [0.717, 1.165) is 13.1 Å². The number of carbonyl (C=O) groups excluding carboxylic acids is 1. The van der Waals surface area contributed by atoms with Gasteiger partial charge < -0.3 is 15.0 Å². The first-order valence-electron chi connectivity index (χ1n) is 6.59. The summed E-state index contributed by atoms with van der Waals surface area (Å²) >= 11 is 3.18. The van der Waals surface area contributed by atoms with Crippen molar-refractivity contribution < 1.29 is 14.5 Å². The van der Waals surface area contributed by atoms with E-state index in [1.807, 2.05) is 0 Å². The van der Waals surface area contributed by atoms with Crippen LogP contribution in [0.25, 0.3) is 0 Å². The molecule has 1 unspecified atom stereocenters. The number of benzene rings is 1. The Hall–Kier alpha value is -1.67. The Bertz CT molecular complexity index is 546. The first kappa shape index (κ1) is 15.7. The molecule has 1 atom stereocenters. The average Bonchev–Trinajstić information content (AvgIpc) is 2.49. The number of hydrogen-bond donors (Lipinski definition) is 1. The van der Waals surface area contributed by atoms with Crippen LogP contribution in [0.4, 0.5) is 5.69 Å². The van der Waals surface area contributed by atoms with Crippen molar-refractivity contribution in [2.75, 3.05) is 26.2 Å². The van der Waals surface area contributed by atoms with Crippen molar-refractivity contribution in [2.24, 2.45) is 0 Å². The van der Waals surface area contributed by atoms with Crippen molar-refractivity contribution >= 4 is 27.5 Å². The number of piperazine rings is 1. The van der Waals surface area contributed by atoms with Gasteiger partial charge in [0.15, 0.2) is 11.9 Å². The molecule has 114 valence electrons. The third-order valence-electron chi connectivity index (χ3n) is 3.20. The maximum absolute atomic E-state index is 12.2. The first-order chi connectivity index (χ1) is 9.99. The Morgan fingerprint density at radius 1 is 1.48 bits per heavy atom. The van der Waals surface area contributed by atoms with Gasteiger partial charge in [0.2, 0.25) is 0 Å².